The lowest BCUT2D eigenvalue weighted by Crippen LogP contribution is -2.29. The Labute approximate surface area is 110 Å². The molecule has 0 unspecified atom stereocenters. The summed E-state index contributed by atoms with van der Waals surface area (Å²) >= 11 is 0. The van der Waals surface area contributed by atoms with Gasteiger partial charge in [0.1, 0.15) is 0 Å². The Hall–Kier alpha value is -0.840. The van der Waals surface area contributed by atoms with Crippen molar-refractivity contribution < 1.29 is 9.15 Å². The largest absolute Gasteiger partial charge is 0.472 e. The fourth-order valence-corrected chi connectivity index (χ4v) is 1.77. The highest BCUT2D eigenvalue weighted by Gasteiger charge is 2.00. The van der Waals surface area contributed by atoms with Crippen LogP contribution >= 0.6 is 0 Å². The summed E-state index contributed by atoms with van der Waals surface area (Å²) in [5.74, 6) is 0. The predicted molar refractivity (Wildman–Crippen MR) is 73.6 cm³/mol. The normalized spacial score (nSPS) is 11.3. The lowest BCUT2D eigenvalue weighted by atomic mass is 10.3. The topological polar surface area (TPSA) is 37.6 Å². The van der Waals surface area contributed by atoms with Crippen LogP contribution in [0, 0.1) is 0 Å². The zero-order valence-corrected chi connectivity index (χ0v) is 11.7. The number of nitrogens with zero attached hydrogens (tertiary/aromatic N) is 1. The highest BCUT2D eigenvalue weighted by atomic mass is 16.5. The minimum atomic E-state index is 0.826. The first-order valence-electron chi connectivity index (χ1n) is 6.81. The Kier molecular flexibility index (Phi) is 8.55. The fourth-order valence-electron chi connectivity index (χ4n) is 1.77. The summed E-state index contributed by atoms with van der Waals surface area (Å²) in [6.07, 6.45) is 5.86. The third-order valence-corrected chi connectivity index (χ3v) is 2.80. The Morgan fingerprint density at radius 2 is 2.22 bits per heavy atom. The molecule has 0 aliphatic heterocycles. The molecule has 1 aromatic heterocycles. The predicted octanol–water partition coefficient (Wildman–Crippen LogP) is 2.12. The van der Waals surface area contributed by atoms with E-state index in [1.54, 1.807) is 12.5 Å². The van der Waals surface area contributed by atoms with Crippen LogP contribution in [0.1, 0.15) is 25.3 Å². The second-order valence-corrected chi connectivity index (χ2v) is 4.52. The molecule has 4 heteroatoms. The van der Waals surface area contributed by atoms with Gasteiger partial charge in [-0.05, 0) is 39.4 Å². The van der Waals surface area contributed by atoms with Gasteiger partial charge < -0.3 is 19.4 Å². The van der Waals surface area contributed by atoms with Gasteiger partial charge in [-0.25, -0.2) is 0 Å². The molecule has 18 heavy (non-hydrogen) atoms. The molecule has 0 radical (unpaired) electrons. The average molecular weight is 254 g/mol. The van der Waals surface area contributed by atoms with E-state index in [-0.39, 0.29) is 0 Å². The summed E-state index contributed by atoms with van der Waals surface area (Å²) in [4.78, 5) is 2.29. The van der Waals surface area contributed by atoms with Crippen LogP contribution < -0.4 is 5.32 Å². The van der Waals surface area contributed by atoms with E-state index in [1.807, 2.05) is 13.0 Å². The molecule has 104 valence electrons. The number of likely N-dealkylation sites (N-methyl/N-ethyl adjacent to an activating group) is 1. The number of nitrogens with one attached hydrogen (secondary N) is 1. The Morgan fingerprint density at radius 1 is 1.33 bits per heavy atom. The minimum absolute atomic E-state index is 0.826. The van der Waals surface area contributed by atoms with Crippen molar-refractivity contribution >= 4 is 0 Å². The van der Waals surface area contributed by atoms with Gasteiger partial charge in [0.15, 0.2) is 0 Å². The molecule has 0 fully saturated rings. The van der Waals surface area contributed by atoms with E-state index in [2.05, 4.69) is 17.3 Å². The lowest BCUT2D eigenvalue weighted by Gasteiger charge is -2.15. The zero-order chi connectivity index (χ0) is 13.1. The van der Waals surface area contributed by atoms with Crippen LogP contribution in [0.2, 0.25) is 0 Å². The average Bonchev–Trinajstić information content (AvgIpc) is 2.85. The van der Waals surface area contributed by atoms with Gasteiger partial charge >= 0.3 is 0 Å². The van der Waals surface area contributed by atoms with Crippen LogP contribution in [0.25, 0.3) is 0 Å². The van der Waals surface area contributed by atoms with Gasteiger partial charge in [-0.15, -0.1) is 0 Å². The molecule has 1 aromatic rings. The maximum atomic E-state index is 5.29. The van der Waals surface area contributed by atoms with E-state index in [0.29, 0.717) is 0 Å². The number of unbranched alkanes of at least 4 members (excludes halogenated alkanes) is 1. The summed E-state index contributed by atoms with van der Waals surface area (Å²) in [5, 5.41) is 3.45. The second-order valence-electron chi connectivity index (χ2n) is 4.52. The second kappa shape index (κ2) is 10.1. The SMILES string of the molecule is CCOCCCCNCCN(C)Cc1ccoc1. The van der Waals surface area contributed by atoms with Crippen LogP contribution in [0.15, 0.2) is 23.0 Å². The van der Waals surface area contributed by atoms with Gasteiger partial charge in [-0.2, -0.15) is 0 Å². The van der Waals surface area contributed by atoms with Crippen molar-refractivity contribution in [2.45, 2.75) is 26.3 Å². The first kappa shape index (κ1) is 15.2. The van der Waals surface area contributed by atoms with Gasteiger partial charge in [-0.1, -0.05) is 0 Å². The highest BCUT2D eigenvalue weighted by molar-refractivity contribution is 5.04. The smallest absolute Gasteiger partial charge is 0.0947 e. The first-order chi connectivity index (χ1) is 8.83. The van der Waals surface area contributed by atoms with Crippen molar-refractivity contribution in [2.75, 3.05) is 39.9 Å². The van der Waals surface area contributed by atoms with Crippen molar-refractivity contribution in [3.63, 3.8) is 0 Å². The molecule has 1 rings (SSSR count). The molecule has 0 saturated carbocycles. The third-order valence-electron chi connectivity index (χ3n) is 2.80. The van der Waals surface area contributed by atoms with Crippen LogP contribution in [-0.4, -0.2) is 44.8 Å². The van der Waals surface area contributed by atoms with Gasteiger partial charge in [0.05, 0.1) is 12.5 Å². The zero-order valence-electron chi connectivity index (χ0n) is 11.7. The number of hydrogen-bond donors (Lipinski definition) is 1. The van der Waals surface area contributed by atoms with E-state index in [1.165, 1.54) is 12.0 Å². The van der Waals surface area contributed by atoms with E-state index in [4.69, 9.17) is 9.15 Å². The molecule has 4 nitrogen and oxygen atoms in total. The molecule has 0 bridgehead atoms. The molecule has 0 atom stereocenters. The van der Waals surface area contributed by atoms with Crippen LogP contribution in [0.4, 0.5) is 0 Å². The molecular formula is C14H26N2O2. The summed E-state index contributed by atoms with van der Waals surface area (Å²) < 4.78 is 10.3. The van der Waals surface area contributed by atoms with Crippen LogP contribution in [0.5, 0.6) is 0 Å². The molecule has 0 amide bonds. The van der Waals surface area contributed by atoms with E-state index >= 15 is 0 Å². The standard InChI is InChI=1S/C14H26N2O2/c1-3-17-10-5-4-7-15-8-9-16(2)12-14-6-11-18-13-14/h6,11,13,15H,3-5,7-10,12H2,1-2H3. The Morgan fingerprint density at radius 3 is 2.94 bits per heavy atom. The van der Waals surface area contributed by atoms with Crippen molar-refractivity contribution in [1.82, 2.24) is 10.2 Å². The van der Waals surface area contributed by atoms with Crippen LogP contribution in [-0.2, 0) is 11.3 Å². The summed E-state index contributed by atoms with van der Waals surface area (Å²) in [6, 6.07) is 2.01. The number of furan rings is 1. The van der Waals surface area contributed by atoms with Crippen molar-refractivity contribution in [1.29, 1.82) is 0 Å². The van der Waals surface area contributed by atoms with Gasteiger partial charge in [-0.3, -0.25) is 0 Å². The Bertz CT molecular complexity index is 275. The third kappa shape index (κ3) is 7.48. The molecular weight excluding hydrogens is 228 g/mol. The molecule has 0 aliphatic carbocycles. The number of rotatable bonds is 11. The van der Waals surface area contributed by atoms with Crippen molar-refractivity contribution in [3.05, 3.63) is 24.2 Å². The quantitative estimate of drug-likeness (QED) is 0.614. The van der Waals surface area contributed by atoms with Crippen molar-refractivity contribution in [3.8, 4) is 0 Å². The van der Waals surface area contributed by atoms with E-state index < -0.39 is 0 Å². The monoisotopic (exact) mass is 254 g/mol. The Balaban J connectivity index is 1.88. The molecule has 1 heterocycles. The van der Waals surface area contributed by atoms with E-state index in [0.717, 1.165) is 45.8 Å². The van der Waals surface area contributed by atoms with E-state index in [9.17, 15) is 0 Å². The molecule has 0 aromatic carbocycles. The van der Waals surface area contributed by atoms with Crippen LogP contribution in [0.3, 0.4) is 0 Å². The summed E-state index contributed by atoms with van der Waals surface area (Å²) in [6.45, 7) is 7.85. The highest BCUT2D eigenvalue weighted by Crippen LogP contribution is 2.02. The molecule has 0 saturated heterocycles. The maximum absolute atomic E-state index is 5.29. The maximum Gasteiger partial charge on any atom is 0.0947 e. The summed E-state index contributed by atoms with van der Waals surface area (Å²) in [7, 11) is 2.13. The molecule has 0 aliphatic rings. The number of ether oxygens (including phenoxy) is 1. The molecule has 1 N–H and O–H groups in total. The lowest BCUT2D eigenvalue weighted by molar-refractivity contribution is 0.143. The minimum Gasteiger partial charge on any atom is -0.472 e. The van der Waals surface area contributed by atoms with Crippen molar-refractivity contribution in [2.24, 2.45) is 0 Å². The van der Waals surface area contributed by atoms with Gasteiger partial charge in [0.2, 0.25) is 0 Å². The first-order valence-corrected chi connectivity index (χ1v) is 6.81. The number of hydrogen-bond acceptors (Lipinski definition) is 4. The summed E-state index contributed by atoms with van der Waals surface area (Å²) in [5.41, 5.74) is 1.23. The van der Waals surface area contributed by atoms with Gasteiger partial charge in [0, 0.05) is 38.4 Å². The van der Waals surface area contributed by atoms with Gasteiger partial charge in [0.25, 0.3) is 0 Å². The fraction of sp³-hybridized carbons (Fsp3) is 0.714. The molecule has 0 spiro atoms.